The third-order valence-corrected chi connectivity index (χ3v) is 2.97. The Morgan fingerprint density at radius 3 is 2.50 bits per heavy atom. The number of halogens is 1. The maximum Gasteiger partial charge on any atom is 0.356 e. The van der Waals surface area contributed by atoms with Crippen LogP contribution in [0.15, 0.2) is 36.5 Å². The van der Waals surface area contributed by atoms with E-state index in [0.717, 1.165) is 5.56 Å². The summed E-state index contributed by atoms with van der Waals surface area (Å²) in [5.74, 6) is -0.570. The molecule has 1 heterocycles. The fourth-order valence-electron chi connectivity index (χ4n) is 2.01. The molecule has 0 amide bonds. The molecule has 0 fully saturated rings. The first-order chi connectivity index (χ1) is 9.50. The summed E-state index contributed by atoms with van der Waals surface area (Å²) in [6.07, 6.45) is 0.248. The molecule has 0 N–H and O–H groups in total. The average molecular weight is 276 g/mol. The Hall–Kier alpha value is -2.17. The third kappa shape index (κ3) is 2.87. The SMILES string of the molecule is CC(C)OC(=O)c1cnc(F)n1[C@H](C)c1ccccc1. The van der Waals surface area contributed by atoms with Gasteiger partial charge in [0.2, 0.25) is 0 Å². The smallest absolute Gasteiger partial charge is 0.356 e. The number of imidazole rings is 1. The minimum absolute atomic E-state index is 0.118. The quantitative estimate of drug-likeness (QED) is 0.805. The maximum absolute atomic E-state index is 13.9. The van der Waals surface area contributed by atoms with E-state index in [1.165, 1.54) is 10.8 Å². The van der Waals surface area contributed by atoms with Crippen molar-refractivity contribution in [3.8, 4) is 0 Å². The topological polar surface area (TPSA) is 44.1 Å². The van der Waals surface area contributed by atoms with Crippen molar-refractivity contribution >= 4 is 5.97 Å². The van der Waals surface area contributed by atoms with Crippen LogP contribution in [0.2, 0.25) is 0 Å². The lowest BCUT2D eigenvalue weighted by Gasteiger charge is -2.17. The Bertz CT molecular complexity index is 593. The van der Waals surface area contributed by atoms with Gasteiger partial charge in [-0.3, -0.25) is 4.57 Å². The molecule has 2 rings (SSSR count). The lowest BCUT2D eigenvalue weighted by Crippen LogP contribution is -2.19. The van der Waals surface area contributed by atoms with Gasteiger partial charge in [-0.1, -0.05) is 30.3 Å². The van der Waals surface area contributed by atoms with Crippen molar-refractivity contribution in [2.75, 3.05) is 0 Å². The standard InChI is InChI=1S/C15H17FN2O2/c1-10(2)20-14(19)13-9-17-15(16)18(13)11(3)12-7-5-4-6-8-12/h4-11H,1-3H3/t11-/m1/s1. The molecule has 0 bridgehead atoms. The summed E-state index contributed by atoms with van der Waals surface area (Å²) in [6.45, 7) is 5.30. The number of hydrogen-bond acceptors (Lipinski definition) is 3. The van der Waals surface area contributed by atoms with Crippen LogP contribution in [0.25, 0.3) is 0 Å². The molecule has 1 aromatic carbocycles. The summed E-state index contributed by atoms with van der Waals surface area (Å²) in [4.78, 5) is 15.6. The second-order valence-corrected chi connectivity index (χ2v) is 4.82. The van der Waals surface area contributed by atoms with Crippen molar-refractivity contribution < 1.29 is 13.9 Å². The number of esters is 1. The molecule has 2 aromatic rings. The largest absolute Gasteiger partial charge is 0.458 e. The second kappa shape index (κ2) is 5.86. The summed E-state index contributed by atoms with van der Waals surface area (Å²) in [5, 5.41) is 0. The number of rotatable bonds is 4. The molecule has 106 valence electrons. The summed E-state index contributed by atoms with van der Waals surface area (Å²) in [7, 11) is 0. The van der Waals surface area contributed by atoms with E-state index in [9.17, 15) is 9.18 Å². The van der Waals surface area contributed by atoms with Crippen LogP contribution in [0.3, 0.4) is 0 Å². The van der Waals surface area contributed by atoms with Crippen molar-refractivity contribution in [3.05, 3.63) is 53.9 Å². The monoisotopic (exact) mass is 276 g/mol. The molecule has 0 spiro atoms. The highest BCUT2D eigenvalue weighted by molar-refractivity contribution is 5.87. The van der Waals surface area contributed by atoms with E-state index in [0.29, 0.717) is 0 Å². The first-order valence-corrected chi connectivity index (χ1v) is 6.49. The average Bonchev–Trinajstić information content (AvgIpc) is 2.80. The highest BCUT2D eigenvalue weighted by Crippen LogP contribution is 2.22. The fraction of sp³-hybridized carbons (Fsp3) is 0.333. The zero-order chi connectivity index (χ0) is 14.7. The minimum atomic E-state index is -0.697. The molecular formula is C15H17FN2O2. The second-order valence-electron chi connectivity index (χ2n) is 4.82. The van der Waals surface area contributed by atoms with Gasteiger partial charge in [-0.05, 0) is 26.3 Å². The highest BCUT2D eigenvalue weighted by atomic mass is 19.1. The van der Waals surface area contributed by atoms with Gasteiger partial charge < -0.3 is 4.74 Å². The molecule has 0 aliphatic carbocycles. The molecule has 0 saturated heterocycles. The van der Waals surface area contributed by atoms with E-state index < -0.39 is 12.0 Å². The van der Waals surface area contributed by atoms with Crippen LogP contribution in [-0.2, 0) is 4.74 Å². The van der Waals surface area contributed by atoms with Gasteiger partial charge in [0.15, 0.2) is 0 Å². The Balaban J connectivity index is 2.37. The van der Waals surface area contributed by atoms with Crippen molar-refractivity contribution in [2.45, 2.75) is 32.9 Å². The van der Waals surface area contributed by atoms with Gasteiger partial charge in [0, 0.05) is 0 Å². The summed E-state index contributed by atoms with van der Waals surface area (Å²) in [5.41, 5.74) is 1.01. The van der Waals surface area contributed by atoms with Crippen molar-refractivity contribution in [1.29, 1.82) is 0 Å². The van der Waals surface area contributed by atoms with Gasteiger partial charge in [0.25, 0.3) is 6.08 Å². The lowest BCUT2D eigenvalue weighted by atomic mass is 10.1. The number of benzene rings is 1. The zero-order valence-corrected chi connectivity index (χ0v) is 11.7. The molecule has 0 unspecified atom stereocenters. The molecule has 0 saturated carbocycles. The van der Waals surface area contributed by atoms with Gasteiger partial charge in [0.1, 0.15) is 5.69 Å². The van der Waals surface area contributed by atoms with E-state index in [2.05, 4.69) is 4.98 Å². The number of hydrogen-bond donors (Lipinski definition) is 0. The first kappa shape index (κ1) is 14.2. The summed E-state index contributed by atoms with van der Waals surface area (Å²) in [6, 6.07) is 9.03. The molecule has 0 radical (unpaired) electrons. The van der Waals surface area contributed by atoms with Crippen LogP contribution in [-0.4, -0.2) is 21.6 Å². The predicted octanol–water partition coefficient (Wildman–Crippen LogP) is 3.20. The van der Waals surface area contributed by atoms with Crippen molar-refractivity contribution in [1.82, 2.24) is 9.55 Å². The van der Waals surface area contributed by atoms with E-state index in [4.69, 9.17) is 4.74 Å². The van der Waals surface area contributed by atoms with Gasteiger partial charge in [0.05, 0.1) is 18.3 Å². The molecular weight excluding hydrogens is 259 g/mol. The van der Waals surface area contributed by atoms with Gasteiger partial charge in [-0.15, -0.1) is 0 Å². The van der Waals surface area contributed by atoms with E-state index in [1.54, 1.807) is 13.8 Å². The van der Waals surface area contributed by atoms with Crippen LogP contribution >= 0.6 is 0 Å². The number of ether oxygens (including phenoxy) is 1. The molecule has 4 nitrogen and oxygen atoms in total. The van der Waals surface area contributed by atoms with Crippen LogP contribution in [0.5, 0.6) is 0 Å². The maximum atomic E-state index is 13.9. The van der Waals surface area contributed by atoms with Crippen molar-refractivity contribution in [3.63, 3.8) is 0 Å². The molecule has 0 aliphatic rings. The van der Waals surface area contributed by atoms with Crippen LogP contribution in [0, 0.1) is 6.08 Å². The summed E-state index contributed by atoms with van der Waals surface area (Å²) >= 11 is 0. The number of nitrogens with zero attached hydrogens (tertiary/aromatic N) is 2. The summed E-state index contributed by atoms with van der Waals surface area (Å²) < 4.78 is 20.2. The highest BCUT2D eigenvalue weighted by Gasteiger charge is 2.23. The Labute approximate surface area is 117 Å². The molecule has 1 aromatic heterocycles. The van der Waals surface area contributed by atoms with E-state index >= 15 is 0 Å². The zero-order valence-electron chi connectivity index (χ0n) is 11.7. The van der Waals surface area contributed by atoms with Crippen LogP contribution in [0.1, 0.15) is 42.9 Å². The first-order valence-electron chi connectivity index (χ1n) is 6.49. The number of aromatic nitrogens is 2. The molecule has 5 heteroatoms. The van der Waals surface area contributed by atoms with Gasteiger partial charge in [-0.25, -0.2) is 9.78 Å². The van der Waals surface area contributed by atoms with Crippen molar-refractivity contribution in [2.24, 2.45) is 0 Å². The lowest BCUT2D eigenvalue weighted by molar-refractivity contribution is 0.0362. The van der Waals surface area contributed by atoms with E-state index in [1.807, 2.05) is 37.3 Å². The fourth-order valence-corrected chi connectivity index (χ4v) is 2.01. The Morgan fingerprint density at radius 2 is 1.90 bits per heavy atom. The molecule has 0 aliphatic heterocycles. The van der Waals surface area contributed by atoms with E-state index in [-0.39, 0.29) is 17.8 Å². The number of carbonyl (C=O) groups excluding carboxylic acids is 1. The van der Waals surface area contributed by atoms with Crippen LogP contribution < -0.4 is 0 Å². The van der Waals surface area contributed by atoms with Crippen LogP contribution in [0.4, 0.5) is 4.39 Å². The normalized spacial score (nSPS) is 12.4. The minimum Gasteiger partial charge on any atom is -0.458 e. The Kier molecular flexibility index (Phi) is 4.17. The number of carbonyl (C=O) groups is 1. The molecule has 1 atom stereocenters. The van der Waals surface area contributed by atoms with Gasteiger partial charge >= 0.3 is 5.97 Å². The Morgan fingerprint density at radius 1 is 1.25 bits per heavy atom. The van der Waals surface area contributed by atoms with Gasteiger partial charge in [-0.2, -0.15) is 4.39 Å². The third-order valence-electron chi connectivity index (χ3n) is 2.97. The predicted molar refractivity (Wildman–Crippen MR) is 73.0 cm³/mol. The molecule has 20 heavy (non-hydrogen) atoms.